The molecule has 2 N–H and O–H groups in total. The van der Waals surface area contributed by atoms with Crippen LogP contribution in [0, 0.1) is 12.8 Å². The minimum absolute atomic E-state index is 0.0802. The number of hydrogen-bond acceptors (Lipinski definition) is 4. The molecule has 0 saturated carbocycles. The Morgan fingerprint density at radius 1 is 1.10 bits per heavy atom. The quantitative estimate of drug-likeness (QED) is 0.297. The van der Waals surface area contributed by atoms with E-state index in [2.05, 4.69) is 17.2 Å². The van der Waals surface area contributed by atoms with Gasteiger partial charge < -0.3 is 20.3 Å². The van der Waals surface area contributed by atoms with Gasteiger partial charge in [0.1, 0.15) is 17.7 Å². The van der Waals surface area contributed by atoms with E-state index in [0.717, 1.165) is 17.5 Å². The Labute approximate surface area is 237 Å². The second kappa shape index (κ2) is 14.2. The lowest BCUT2D eigenvalue weighted by atomic mass is 9.95. The molecular weight excluding hydrogens is 514 g/mol. The molecule has 2 aromatic rings. The molecule has 212 valence electrons. The van der Waals surface area contributed by atoms with E-state index < -0.39 is 35.6 Å². The standard InChI is InChI=1S/C31H42ClN3O4/c1-9-19-35(29(37)26(20(4)10-2)34-30(38)39-31(6,7)8)27(23-17-15-22(11-3)16-18-23)28(36)33-25-21(5)13-12-14-24(25)32/h9,12-18,20,26-27H,1,10-11,19H2,2-8H3,(H,33,36)(H,34,38). The number of carbonyl (C=O) groups excluding carboxylic acids is 3. The molecule has 3 atom stereocenters. The number of nitrogens with zero attached hydrogens (tertiary/aromatic N) is 1. The molecule has 39 heavy (non-hydrogen) atoms. The average Bonchev–Trinajstić information content (AvgIpc) is 2.87. The minimum Gasteiger partial charge on any atom is -0.444 e. The van der Waals surface area contributed by atoms with Gasteiger partial charge >= 0.3 is 6.09 Å². The van der Waals surface area contributed by atoms with Crippen LogP contribution < -0.4 is 10.6 Å². The molecule has 0 saturated heterocycles. The lowest BCUT2D eigenvalue weighted by Gasteiger charge is -2.35. The van der Waals surface area contributed by atoms with Gasteiger partial charge in [-0.3, -0.25) is 9.59 Å². The van der Waals surface area contributed by atoms with Crippen LogP contribution in [0.15, 0.2) is 55.1 Å². The predicted molar refractivity (Wildman–Crippen MR) is 158 cm³/mol. The highest BCUT2D eigenvalue weighted by Crippen LogP contribution is 2.30. The summed E-state index contributed by atoms with van der Waals surface area (Å²) >= 11 is 6.42. The number of nitrogens with one attached hydrogen (secondary N) is 2. The average molecular weight is 556 g/mol. The summed E-state index contributed by atoms with van der Waals surface area (Å²) in [6, 6.07) is 11.0. The van der Waals surface area contributed by atoms with Crippen LogP contribution in [0.4, 0.5) is 10.5 Å². The van der Waals surface area contributed by atoms with Crippen LogP contribution in [-0.2, 0) is 20.7 Å². The van der Waals surface area contributed by atoms with E-state index in [-0.39, 0.29) is 12.5 Å². The van der Waals surface area contributed by atoms with E-state index in [0.29, 0.717) is 22.7 Å². The molecule has 0 fully saturated rings. The highest BCUT2D eigenvalue weighted by molar-refractivity contribution is 6.34. The Kier molecular flexibility index (Phi) is 11.6. The van der Waals surface area contributed by atoms with E-state index in [9.17, 15) is 14.4 Å². The Balaban J connectivity index is 2.57. The molecule has 2 aromatic carbocycles. The van der Waals surface area contributed by atoms with Crippen molar-refractivity contribution in [2.45, 2.75) is 79.0 Å². The van der Waals surface area contributed by atoms with E-state index in [1.807, 2.05) is 58.0 Å². The molecule has 0 spiro atoms. The number of halogens is 1. The number of para-hydroxylation sites is 1. The Morgan fingerprint density at radius 3 is 2.26 bits per heavy atom. The maximum absolute atomic E-state index is 14.2. The first-order valence-electron chi connectivity index (χ1n) is 13.4. The van der Waals surface area contributed by atoms with Gasteiger partial charge in [-0.25, -0.2) is 4.79 Å². The molecule has 0 bridgehead atoms. The van der Waals surface area contributed by atoms with Crippen molar-refractivity contribution in [3.8, 4) is 0 Å². The van der Waals surface area contributed by atoms with Crippen molar-refractivity contribution in [1.29, 1.82) is 0 Å². The van der Waals surface area contributed by atoms with Gasteiger partial charge in [-0.2, -0.15) is 0 Å². The summed E-state index contributed by atoms with van der Waals surface area (Å²) in [5.74, 6) is -1.06. The van der Waals surface area contributed by atoms with Crippen LogP contribution >= 0.6 is 11.6 Å². The zero-order valence-corrected chi connectivity index (χ0v) is 24.9. The van der Waals surface area contributed by atoms with Gasteiger partial charge in [0.25, 0.3) is 5.91 Å². The van der Waals surface area contributed by atoms with Crippen molar-refractivity contribution in [1.82, 2.24) is 10.2 Å². The molecule has 3 unspecified atom stereocenters. The summed E-state index contributed by atoms with van der Waals surface area (Å²) in [6.07, 6.45) is 2.33. The van der Waals surface area contributed by atoms with Crippen LogP contribution in [0.2, 0.25) is 5.02 Å². The molecule has 0 aliphatic carbocycles. The fraction of sp³-hybridized carbons (Fsp3) is 0.452. The summed E-state index contributed by atoms with van der Waals surface area (Å²) in [7, 11) is 0. The number of hydrogen-bond donors (Lipinski definition) is 2. The smallest absolute Gasteiger partial charge is 0.408 e. The lowest BCUT2D eigenvalue weighted by Crippen LogP contribution is -2.54. The first kappa shape index (κ1) is 31.9. The highest BCUT2D eigenvalue weighted by atomic mass is 35.5. The van der Waals surface area contributed by atoms with Gasteiger partial charge in [-0.05, 0) is 62.8 Å². The molecule has 2 rings (SSSR count). The molecule has 3 amide bonds. The third-order valence-corrected chi connectivity index (χ3v) is 6.81. The minimum atomic E-state index is -1.01. The number of aryl methyl sites for hydroxylation is 2. The maximum Gasteiger partial charge on any atom is 0.408 e. The number of ether oxygens (including phenoxy) is 1. The predicted octanol–water partition coefficient (Wildman–Crippen LogP) is 6.84. The number of carbonyl (C=O) groups is 3. The molecular formula is C31H42ClN3O4. The van der Waals surface area contributed by atoms with Gasteiger partial charge in [0.2, 0.25) is 5.91 Å². The van der Waals surface area contributed by atoms with Crippen LogP contribution in [0.1, 0.15) is 70.7 Å². The van der Waals surface area contributed by atoms with E-state index in [1.54, 1.807) is 39.0 Å². The number of anilines is 1. The number of benzene rings is 2. The monoisotopic (exact) mass is 555 g/mol. The highest BCUT2D eigenvalue weighted by Gasteiger charge is 2.38. The van der Waals surface area contributed by atoms with Gasteiger partial charge in [0, 0.05) is 6.54 Å². The zero-order chi connectivity index (χ0) is 29.3. The first-order valence-corrected chi connectivity index (χ1v) is 13.8. The third kappa shape index (κ3) is 8.85. The summed E-state index contributed by atoms with van der Waals surface area (Å²) < 4.78 is 5.44. The molecule has 0 aliphatic rings. The number of rotatable bonds is 11. The molecule has 0 heterocycles. The Hall–Kier alpha value is -3.32. The fourth-order valence-corrected chi connectivity index (χ4v) is 4.42. The molecule has 8 heteroatoms. The molecule has 0 aromatic heterocycles. The normalized spacial score (nSPS) is 13.5. The Bertz CT molecular complexity index is 1140. The van der Waals surface area contributed by atoms with Crippen molar-refractivity contribution in [2.75, 3.05) is 11.9 Å². The fourth-order valence-electron chi connectivity index (χ4n) is 4.15. The summed E-state index contributed by atoms with van der Waals surface area (Å²) in [5, 5.41) is 6.09. The SMILES string of the molecule is C=CCN(C(=O)C(NC(=O)OC(C)(C)C)C(C)CC)C(C(=O)Nc1c(C)cccc1Cl)c1ccc(CC)cc1. The maximum atomic E-state index is 14.2. The molecule has 7 nitrogen and oxygen atoms in total. The lowest BCUT2D eigenvalue weighted by molar-refractivity contribution is -0.141. The topological polar surface area (TPSA) is 87.7 Å². The van der Waals surface area contributed by atoms with Crippen LogP contribution in [0.3, 0.4) is 0 Å². The van der Waals surface area contributed by atoms with Gasteiger partial charge in [-0.1, -0.05) is 81.3 Å². The summed E-state index contributed by atoms with van der Waals surface area (Å²) in [4.78, 5) is 42.3. The zero-order valence-electron chi connectivity index (χ0n) is 24.1. The van der Waals surface area contributed by atoms with Crippen molar-refractivity contribution in [3.05, 3.63) is 76.8 Å². The Morgan fingerprint density at radius 2 is 1.74 bits per heavy atom. The van der Waals surface area contributed by atoms with Crippen LogP contribution in [-0.4, -0.2) is 41.0 Å². The van der Waals surface area contributed by atoms with E-state index >= 15 is 0 Å². The van der Waals surface area contributed by atoms with Crippen LogP contribution in [0.25, 0.3) is 0 Å². The summed E-state index contributed by atoms with van der Waals surface area (Å²) in [5.41, 5.74) is 2.28. The van der Waals surface area contributed by atoms with Crippen molar-refractivity contribution in [3.63, 3.8) is 0 Å². The van der Waals surface area contributed by atoms with Crippen molar-refractivity contribution >= 4 is 35.2 Å². The van der Waals surface area contributed by atoms with Crippen LogP contribution in [0.5, 0.6) is 0 Å². The molecule has 0 radical (unpaired) electrons. The first-order chi connectivity index (χ1) is 18.3. The number of amides is 3. The van der Waals surface area contributed by atoms with Crippen molar-refractivity contribution in [2.24, 2.45) is 5.92 Å². The van der Waals surface area contributed by atoms with Crippen molar-refractivity contribution < 1.29 is 19.1 Å². The van der Waals surface area contributed by atoms with Gasteiger partial charge in [0.15, 0.2) is 0 Å². The van der Waals surface area contributed by atoms with E-state index in [4.69, 9.17) is 16.3 Å². The summed E-state index contributed by atoms with van der Waals surface area (Å²) in [6.45, 7) is 16.9. The second-order valence-electron chi connectivity index (χ2n) is 10.7. The van der Waals surface area contributed by atoms with Gasteiger partial charge in [-0.15, -0.1) is 6.58 Å². The number of alkyl carbamates (subject to hydrolysis) is 1. The van der Waals surface area contributed by atoms with E-state index in [1.165, 1.54) is 4.90 Å². The molecule has 0 aliphatic heterocycles. The van der Waals surface area contributed by atoms with Gasteiger partial charge in [0.05, 0.1) is 10.7 Å². The second-order valence-corrected chi connectivity index (χ2v) is 11.1. The third-order valence-electron chi connectivity index (χ3n) is 6.49. The largest absolute Gasteiger partial charge is 0.444 e.